The van der Waals surface area contributed by atoms with E-state index in [1.54, 1.807) is 6.08 Å². The highest BCUT2D eigenvalue weighted by molar-refractivity contribution is 5.76. The van der Waals surface area contributed by atoms with Gasteiger partial charge < -0.3 is 20.6 Å². The molecule has 3 atom stereocenters. The van der Waals surface area contributed by atoms with E-state index in [1.807, 2.05) is 6.08 Å². The van der Waals surface area contributed by atoms with Crippen LogP contribution in [0.5, 0.6) is 0 Å². The van der Waals surface area contributed by atoms with Crippen molar-refractivity contribution in [2.75, 3.05) is 6.61 Å². The average molecular weight is 604 g/mol. The van der Waals surface area contributed by atoms with Crippen LogP contribution in [0.15, 0.2) is 48.6 Å². The van der Waals surface area contributed by atoms with Gasteiger partial charge >= 0.3 is 0 Å². The Morgan fingerprint density at radius 2 is 1.02 bits per heavy atom. The van der Waals surface area contributed by atoms with Crippen LogP contribution in [0.2, 0.25) is 0 Å². The zero-order valence-electron chi connectivity index (χ0n) is 28.1. The van der Waals surface area contributed by atoms with Crippen LogP contribution >= 0.6 is 0 Å². The van der Waals surface area contributed by atoms with Gasteiger partial charge in [0.25, 0.3) is 0 Å². The minimum Gasteiger partial charge on any atom is -0.394 e. The third-order valence-electron chi connectivity index (χ3n) is 7.82. The molecule has 0 fully saturated rings. The van der Waals surface area contributed by atoms with Crippen molar-refractivity contribution >= 4 is 5.91 Å². The zero-order chi connectivity index (χ0) is 31.6. The van der Waals surface area contributed by atoms with Crippen LogP contribution < -0.4 is 5.32 Å². The molecule has 0 bridgehead atoms. The summed E-state index contributed by atoms with van der Waals surface area (Å²) < 4.78 is 0. The largest absolute Gasteiger partial charge is 0.394 e. The number of hydrogen-bond donors (Lipinski definition) is 4. The van der Waals surface area contributed by atoms with Crippen molar-refractivity contribution in [1.82, 2.24) is 5.32 Å². The summed E-state index contributed by atoms with van der Waals surface area (Å²) in [6.07, 6.45) is 41.1. The van der Waals surface area contributed by atoms with Crippen molar-refractivity contribution in [3.05, 3.63) is 48.6 Å². The monoisotopic (exact) mass is 604 g/mol. The molecule has 0 aliphatic carbocycles. The smallest absolute Gasteiger partial charge is 0.222 e. The number of carbonyl (C=O) groups excluding carboxylic acids is 1. The first-order valence-corrected chi connectivity index (χ1v) is 17.9. The molecule has 5 nitrogen and oxygen atoms in total. The number of nitrogens with one attached hydrogen (secondary N) is 1. The summed E-state index contributed by atoms with van der Waals surface area (Å²) in [6.45, 7) is 4.10. The molecule has 0 aliphatic rings. The van der Waals surface area contributed by atoms with Crippen LogP contribution in [0.1, 0.15) is 162 Å². The van der Waals surface area contributed by atoms with E-state index in [1.165, 1.54) is 83.5 Å². The van der Waals surface area contributed by atoms with Gasteiger partial charge in [0.05, 0.1) is 31.3 Å². The average Bonchev–Trinajstić information content (AvgIpc) is 3.00. The van der Waals surface area contributed by atoms with Gasteiger partial charge in [-0.2, -0.15) is 0 Å². The zero-order valence-corrected chi connectivity index (χ0v) is 28.1. The van der Waals surface area contributed by atoms with Crippen LogP contribution in [-0.4, -0.2) is 46.1 Å². The van der Waals surface area contributed by atoms with Crippen LogP contribution in [-0.2, 0) is 4.79 Å². The molecule has 43 heavy (non-hydrogen) atoms. The highest BCUT2D eigenvalue weighted by Gasteiger charge is 2.19. The van der Waals surface area contributed by atoms with E-state index in [4.69, 9.17) is 0 Å². The fourth-order valence-corrected chi connectivity index (χ4v) is 5.00. The first kappa shape index (κ1) is 41.3. The van der Waals surface area contributed by atoms with E-state index in [-0.39, 0.29) is 18.9 Å². The molecule has 0 saturated carbocycles. The summed E-state index contributed by atoms with van der Waals surface area (Å²) in [6, 6.07) is -0.771. The Hall–Kier alpha value is -1.69. The van der Waals surface area contributed by atoms with E-state index in [0.29, 0.717) is 6.42 Å². The summed E-state index contributed by atoms with van der Waals surface area (Å²) in [5, 5.41) is 32.8. The lowest BCUT2D eigenvalue weighted by molar-refractivity contribution is -0.124. The van der Waals surface area contributed by atoms with Gasteiger partial charge in [-0.1, -0.05) is 140 Å². The molecule has 0 aromatic heterocycles. The summed E-state index contributed by atoms with van der Waals surface area (Å²) >= 11 is 0. The van der Waals surface area contributed by atoms with Crippen molar-refractivity contribution in [1.29, 1.82) is 0 Å². The normalized spacial score (nSPS) is 14.4. The predicted molar refractivity (Wildman–Crippen MR) is 185 cm³/mol. The molecule has 0 aromatic carbocycles. The Labute approximate surface area is 266 Å². The lowest BCUT2D eigenvalue weighted by Gasteiger charge is -2.20. The maximum atomic E-state index is 12.3. The van der Waals surface area contributed by atoms with Crippen molar-refractivity contribution < 1.29 is 20.1 Å². The van der Waals surface area contributed by atoms with Crippen molar-refractivity contribution in [3.63, 3.8) is 0 Å². The van der Waals surface area contributed by atoms with E-state index in [9.17, 15) is 20.1 Å². The Morgan fingerprint density at radius 1 is 0.581 bits per heavy atom. The van der Waals surface area contributed by atoms with Crippen molar-refractivity contribution in [3.8, 4) is 0 Å². The molecule has 1 amide bonds. The second-order valence-electron chi connectivity index (χ2n) is 12.1. The highest BCUT2D eigenvalue weighted by atomic mass is 16.3. The second-order valence-corrected chi connectivity index (χ2v) is 12.1. The molecule has 0 rings (SSSR count). The van der Waals surface area contributed by atoms with Crippen LogP contribution in [0, 0.1) is 0 Å². The number of unbranched alkanes of at least 4 members (excludes halogenated alkanes) is 16. The summed E-state index contributed by atoms with van der Waals surface area (Å²) in [5.74, 6) is -0.348. The van der Waals surface area contributed by atoms with Crippen LogP contribution in [0.25, 0.3) is 0 Å². The first-order valence-electron chi connectivity index (χ1n) is 17.9. The topological polar surface area (TPSA) is 89.8 Å². The summed E-state index contributed by atoms with van der Waals surface area (Å²) in [7, 11) is 0. The van der Waals surface area contributed by atoms with Crippen molar-refractivity contribution in [2.45, 2.75) is 180 Å². The van der Waals surface area contributed by atoms with Gasteiger partial charge in [0.1, 0.15) is 0 Å². The molecular weight excluding hydrogens is 534 g/mol. The molecule has 0 aromatic rings. The van der Waals surface area contributed by atoms with Crippen LogP contribution in [0.3, 0.4) is 0 Å². The van der Waals surface area contributed by atoms with Gasteiger partial charge in [-0.05, 0) is 64.2 Å². The molecule has 0 saturated heterocycles. The van der Waals surface area contributed by atoms with Gasteiger partial charge in [0.15, 0.2) is 0 Å². The maximum absolute atomic E-state index is 12.3. The molecule has 0 heterocycles. The summed E-state index contributed by atoms with van der Waals surface area (Å²) in [5.41, 5.74) is 0. The number of hydrogen-bond acceptors (Lipinski definition) is 4. The number of allylic oxidation sites excluding steroid dienone is 7. The van der Waals surface area contributed by atoms with Gasteiger partial charge in [0, 0.05) is 0 Å². The van der Waals surface area contributed by atoms with Gasteiger partial charge in [0.2, 0.25) is 5.91 Å². The maximum Gasteiger partial charge on any atom is 0.222 e. The number of carbonyl (C=O) groups is 1. The molecule has 0 spiro atoms. The molecule has 0 radical (unpaired) electrons. The van der Waals surface area contributed by atoms with Gasteiger partial charge in [-0.3, -0.25) is 4.79 Å². The number of aliphatic hydroxyl groups is 3. The fourth-order valence-electron chi connectivity index (χ4n) is 5.00. The van der Waals surface area contributed by atoms with E-state index >= 15 is 0 Å². The van der Waals surface area contributed by atoms with Gasteiger partial charge in [-0.25, -0.2) is 0 Å². The molecule has 5 heteroatoms. The van der Waals surface area contributed by atoms with E-state index < -0.39 is 18.2 Å². The Balaban J connectivity index is 3.83. The standard InChI is InChI=1S/C38H69NO4/c1-3-5-7-9-11-13-14-15-16-17-18-19-20-21-22-23-24-26-28-30-32-37(42)36(34-40)39-38(43)33-35(41)31-29-27-25-12-10-8-6-4-2/h10,12,19-20,23-24,30,32,35-37,40-42H,3-9,11,13-18,21-22,25-29,31,33-34H2,1-2H3,(H,39,43)/b12-10-,20-19+,24-23+,32-30+. The highest BCUT2D eigenvalue weighted by Crippen LogP contribution is 2.12. The first-order chi connectivity index (χ1) is 21.0. The third kappa shape index (κ3) is 30.1. The minimum absolute atomic E-state index is 0.0153. The van der Waals surface area contributed by atoms with E-state index in [2.05, 4.69) is 55.6 Å². The Bertz CT molecular complexity index is 715. The van der Waals surface area contributed by atoms with Crippen LogP contribution in [0.4, 0.5) is 0 Å². The number of rotatable bonds is 31. The lowest BCUT2D eigenvalue weighted by atomic mass is 10.1. The Morgan fingerprint density at radius 3 is 1.56 bits per heavy atom. The third-order valence-corrected chi connectivity index (χ3v) is 7.82. The van der Waals surface area contributed by atoms with Gasteiger partial charge in [-0.15, -0.1) is 0 Å². The molecule has 250 valence electrons. The SMILES string of the molecule is CCCC/C=C\CCCCC(O)CC(=O)NC(CO)C(O)/C=C/CC/C=C/CC/C=C/CCCCCCCCCCCC. The summed E-state index contributed by atoms with van der Waals surface area (Å²) in [4.78, 5) is 12.3. The quantitative estimate of drug-likeness (QED) is 0.0469. The molecule has 4 N–H and O–H groups in total. The Kier molecular flexibility index (Phi) is 31.9. The lowest BCUT2D eigenvalue weighted by Crippen LogP contribution is -2.45. The van der Waals surface area contributed by atoms with E-state index in [0.717, 1.165) is 51.4 Å². The fraction of sp³-hybridized carbons (Fsp3) is 0.763. The second kappa shape index (κ2) is 33.2. The molecule has 3 unspecified atom stereocenters. The molecule has 0 aliphatic heterocycles. The number of amides is 1. The van der Waals surface area contributed by atoms with Crippen molar-refractivity contribution in [2.24, 2.45) is 0 Å². The molecular formula is C38H69NO4. The minimum atomic E-state index is -0.963. The predicted octanol–water partition coefficient (Wildman–Crippen LogP) is 9.42. The number of aliphatic hydroxyl groups excluding tert-OH is 3.